The van der Waals surface area contributed by atoms with Crippen molar-refractivity contribution in [1.29, 1.82) is 0 Å². The van der Waals surface area contributed by atoms with E-state index < -0.39 is 5.54 Å². The van der Waals surface area contributed by atoms with Crippen LogP contribution in [0.2, 0.25) is 0 Å². The Hall–Kier alpha value is -0.690. The third-order valence-electron chi connectivity index (χ3n) is 4.10. The lowest BCUT2D eigenvalue weighted by atomic mass is 9.98. The minimum absolute atomic E-state index is 0.100. The molecule has 118 valence electrons. The fourth-order valence-electron chi connectivity index (χ4n) is 2.46. The van der Waals surface area contributed by atoms with Crippen LogP contribution in [0.4, 0.5) is 0 Å². The standard InChI is InChI=1S/C14H28N2O4/c1-6-20-13(17)14(2,15-3)7-8-16-9-11(18-4)12(10-16)19-5/h11-12,15H,6-10H2,1-5H3. The molecular weight excluding hydrogens is 260 g/mol. The molecule has 1 saturated heterocycles. The fourth-order valence-corrected chi connectivity index (χ4v) is 2.46. The zero-order valence-electron chi connectivity index (χ0n) is 13.3. The predicted octanol–water partition coefficient (Wildman–Crippen LogP) is 0.263. The van der Waals surface area contributed by atoms with Crippen molar-refractivity contribution in [1.82, 2.24) is 10.2 Å². The number of nitrogens with one attached hydrogen (secondary N) is 1. The number of carbonyl (C=O) groups excluding carboxylic acids is 1. The average molecular weight is 288 g/mol. The van der Waals surface area contributed by atoms with Crippen LogP contribution >= 0.6 is 0 Å². The van der Waals surface area contributed by atoms with Crippen molar-refractivity contribution >= 4 is 5.97 Å². The topological polar surface area (TPSA) is 60.0 Å². The summed E-state index contributed by atoms with van der Waals surface area (Å²) in [6.07, 6.45) is 0.890. The number of rotatable bonds is 8. The van der Waals surface area contributed by atoms with Gasteiger partial charge in [-0.25, -0.2) is 0 Å². The minimum Gasteiger partial charge on any atom is -0.465 e. The lowest BCUT2D eigenvalue weighted by Gasteiger charge is -2.28. The zero-order chi connectivity index (χ0) is 15.2. The number of methoxy groups -OCH3 is 2. The molecule has 20 heavy (non-hydrogen) atoms. The third-order valence-corrected chi connectivity index (χ3v) is 4.10. The largest absolute Gasteiger partial charge is 0.465 e. The Morgan fingerprint density at radius 1 is 1.30 bits per heavy atom. The predicted molar refractivity (Wildman–Crippen MR) is 76.7 cm³/mol. The van der Waals surface area contributed by atoms with Gasteiger partial charge in [0.25, 0.3) is 0 Å². The highest BCUT2D eigenvalue weighted by Crippen LogP contribution is 2.19. The summed E-state index contributed by atoms with van der Waals surface area (Å²) >= 11 is 0. The molecule has 0 aromatic rings. The smallest absolute Gasteiger partial charge is 0.326 e. The number of carbonyl (C=O) groups is 1. The number of ether oxygens (including phenoxy) is 3. The summed E-state index contributed by atoms with van der Waals surface area (Å²) in [7, 11) is 5.20. The number of likely N-dealkylation sites (N-methyl/N-ethyl adjacent to an activating group) is 1. The maximum Gasteiger partial charge on any atom is 0.326 e. The van der Waals surface area contributed by atoms with E-state index in [2.05, 4.69) is 10.2 Å². The third kappa shape index (κ3) is 4.15. The molecule has 0 saturated carbocycles. The van der Waals surface area contributed by atoms with Crippen molar-refractivity contribution in [3.8, 4) is 0 Å². The molecule has 0 aliphatic carbocycles. The van der Waals surface area contributed by atoms with Gasteiger partial charge in [-0.3, -0.25) is 9.69 Å². The number of nitrogens with zero attached hydrogens (tertiary/aromatic N) is 1. The van der Waals surface area contributed by atoms with Crippen LogP contribution in [-0.2, 0) is 19.0 Å². The number of esters is 1. The normalized spacial score (nSPS) is 26.4. The second-order valence-electron chi connectivity index (χ2n) is 5.36. The molecule has 0 spiro atoms. The molecule has 3 unspecified atom stereocenters. The van der Waals surface area contributed by atoms with Crippen LogP contribution in [-0.4, -0.2) is 76.1 Å². The lowest BCUT2D eigenvalue weighted by Crippen LogP contribution is -2.50. The summed E-state index contributed by atoms with van der Waals surface area (Å²) in [5.74, 6) is -0.201. The zero-order valence-corrected chi connectivity index (χ0v) is 13.3. The number of likely N-dealkylation sites (tertiary alicyclic amines) is 1. The highest BCUT2D eigenvalue weighted by Gasteiger charge is 2.37. The second kappa shape index (κ2) is 7.93. The van der Waals surface area contributed by atoms with Crippen LogP contribution in [0.15, 0.2) is 0 Å². The SMILES string of the molecule is CCOC(=O)C(C)(CCN1CC(OC)C(OC)C1)NC. The Balaban J connectivity index is 2.51. The maximum atomic E-state index is 12.0. The van der Waals surface area contributed by atoms with Gasteiger partial charge < -0.3 is 19.5 Å². The monoisotopic (exact) mass is 288 g/mol. The first kappa shape index (κ1) is 17.4. The van der Waals surface area contributed by atoms with Crippen LogP contribution < -0.4 is 5.32 Å². The van der Waals surface area contributed by atoms with E-state index in [0.717, 1.165) is 19.6 Å². The Kier molecular flexibility index (Phi) is 6.88. The molecule has 3 atom stereocenters. The highest BCUT2D eigenvalue weighted by molar-refractivity contribution is 5.80. The lowest BCUT2D eigenvalue weighted by molar-refractivity contribution is -0.150. The Labute approximate surface area is 121 Å². The molecule has 1 aliphatic rings. The first-order chi connectivity index (χ1) is 9.50. The number of hydrogen-bond donors (Lipinski definition) is 1. The molecule has 0 amide bonds. The van der Waals surface area contributed by atoms with Crippen LogP contribution in [0.5, 0.6) is 0 Å². The first-order valence-electron chi connectivity index (χ1n) is 7.14. The first-order valence-corrected chi connectivity index (χ1v) is 7.14. The molecule has 1 N–H and O–H groups in total. The molecule has 0 aromatic heterocycles. The van der Waals surface area contributed by atoms with Gasteiger partial charge in [-0.15, -0.1) is 0 Å². The molecule has 0 radical (unpaired) electrons. The summed E-state index contributed by atoms with van der Waals surface area (Å²) in [4.78, 5) is 14.3. The molecule has 1 aliphatic heterocycles. The van der Waals surface area contributed by atoms with Crippen LogP contribution in [0.25, 0.3) is 0 Å². The van der Waals surface area contributed by atoms with Gasteiger partial charge in [0, 0.05) is 33.9 Å². The van der Waals surface area contributed by atoms with E-state index in [1.165, 1.54) is 0 Å². The Morgan fingerprint density at radius 3 is 2.25 bits per heavy atom. The summed E-state index contributed by atoms with van der Waals surface area (Å²) in [5, 5.41) is 3.07. The quantitative estimate of drug-likeness (QED) is 0.647. The molecule has 0 aromatic carbocycles. The van der Waals surface area contributed by atoms with Crippen LogP contribution in [0.3, 0.4) is 0 Å². The van der Waals surface area contributed by atoms with Gasteiger partial charge in [0.15, 0.2) is 0 Å². The van der Waals surface area contributed by atoms with E-state index in [-0.39, 0.29) is 18.2 Å². The summed E-state index contributed by atoms with van der Waals surface area (Å²) < 4.78 is 16.0. The summed E-state index contributed by atoms with van der Waals surface area (Å²) in [5.41, 5.74) is -0.649. The number of hydrogen-bond acceptors (Lipinski definition) is 6. The van der Waals surface area contributed by atoms with Crippen molar-refractivity contribution in [2.24, 2.45) is 0 Å². The highest BCUT2D eigenvalue weighted by atomic mass is 16.5. The summed E-state index contributed by atoms with van der Waals surface area (Å²) in [6.45, 7) is 6.56. The Morgan fingerprint density at radius 2 is 1.85 bits per heavy atom. The van der Waals surface area contributed by atoms with E-state index >= 15 is 0 Å². The van der Waals surface area contributed by atoms with Gasteiger partial charge in [0.05, 0.1) is 18.8 Å². The molecule has 1 rings (SSSR count). The Bertz CT molecular complexity index is 302. The van der Waals surface area contributed by atoms with Crippen molar-refractivity contribution in [3.05, 3.63) is 0 Å². The average Bonchev–Trinajstić information content (AvgIpc) is 2.87. The van der Waals surface area contributed by atoms with Crippen LogP contribution in [0, 0.1) is 0 Å². The molecule has 6 heteroatoms. The van der Waals surface area contributed by atoms with Gasteiger partial charge in [0.1, 0.15) is 5.54 Å². The van der Waals surface area contributed by atoms with Gasteiger partial charge in [-0.05, 0) is 27.3 Å². The van der Waals surface area contributed by atoms with Crippen LogP contribution in [0.1, 0.15) is 20.3 Å². The van der Waals surface area contributed by atoms with Gasteiger partial charge in [0.2, 0.25) is 0 Å². The maximum absolute atomic E-state index is 12.0. The van der Waals surface area contributed by atoms with Gasteiger partial charge in [-0.2, -0.15) is 0 Å². The van der Waals surface area contributed by atoms with Gasteiger partial charge >= 0.3 is 5.97 Å². The molecule has 1 heterocycles. The van der Waals surface area contributed by atoms with Crippen molar-refractivity contribution in [3.63, 3.8) is 0 Å². The summed E-state index contributed by atoms with van der Waals surface area (Å²) in [6, 6.07) is 0. The molecule has 0 bridgehead atoms. The second-order valence-corrected chi connectivity index (χ2v) is 5.36. The van der Waals surface area contributed by atoms with E-state index in [1.54, 1.807) is 21.3 Å². The van der Waals surface area contributed by atoms with E-state index in [1.807, 2.05) is 13.8 Å². The van der Waals surface area contributed by atoms with Crippen molar-refractivity contribution < 1.29 is 19.0 Å². The van der Waals surface area contributed by atoms with E-state index in [4.69, 9.17) is 14.2 Å². The van der Waals surface area contributed by atoms with Crippen molar-refractivity contribution in [2.45, 2.75) is 38.0 Å². The van der Waals surface area contributed by atoms with E-state index in [0.29, 0.717) is 13.0 Å². The fraction of sp³-hybridized carbons (Fsp3) is 0.929. The molecule has 6 nitrogen and oxygen atoms in total. The van der Waals surface area contributed by atoms with E-state index in [9.17, 15) is 4.79 Å². The van der Waals surface area contributed by atoms with Gasteiger partial charge in [-0.1, -0.05) is 0 Å². The van der Waals surface area contributed by atoms with Crippen molar-refractivity contribution in [2.75, 3.05) is 47.5 Å². The molecule has 1 fully saturated rings. The minimum atomic E-state index is -0.649. The molecular formula is C14H28N2O4.